The van der Waals surface area contributed by atoms with Gasteiger partial charge in [-0.1, -0.05) is 0 Å². The van der Waals surface area contributed by atoms with Gasteiger partial charge >= 0.3 is 6.03 Å². The molecule has 66 valence electrons. The minimum atomic E-state index is -0.473. The molecule has 1 aliphatic rings. The minimum absolute atomic E-state index is 0.153. The normalized spacial score (nSPS) is 19.7. The number of rotatable bonds is 0. The van der Waals surface area contributed by atoms with E-state index in [9.17, 15) is 9.59 Å². The number of amides is 3. The number of nitrogens with one attached hydrogen (secondary N) is 2. The second-order valence-electron chi connectivity index (χ2n) is 2.39. The van der Waals surface area contributed by atoms with E-state index in [0.29, 0.717) is 5.96 Å². The number of aliphatic imine (C=N–C) groups is 1. The van der Waals surface area contributed by atoms with Crippen LogP contribution in [0.4, 0.5) is 4.79 Å². The molecule has 0 spiro atoms. The lowest BCUT2D eigenvalue weighted by Crippen LogP contribution is -2.30. The molecule has 0 unspecified atom stereocenters. The first-order valence-electron chi connectivity index (χ1n) is 3.45. The molecule has 1 saturated heterocycles. The van der Waals surface area contributed by atoms with E-state index in [1.165, 1.54) is 7.05 Å². The van der Waals surface area contributed by atoms with Crippen LogP contribution in [0, 0.1) is 0 Å². The Morgan fingerprint density at radius 3 is 2.83 bits per heavy atom. The highest BCUT2D eigenvalue weighted by Gasteiger charge is 2.21. The lowest BCUT2D eigenvalue weighted by atomic mass is 10.6. The van der Waals surface area contributed by atoms with Crippen molar-refractivity contribution in [3.8, 4) is 0 Å². The van der Waals surface area contributed by atoms with Gasteiger partial charge in [-0.2, -0.15) is 4.99 Å². The van der Waals surface area contributed by atoms with Crippen LogP contribution in [0.25, 0.3) is 0 Å². The van der Waals surface area contributed by atoms with Crippen LogP contribution in [0.2, 0.25) is 0 Å². The van der Waals surface area contributed by atoms with E-state index in [0.717, 1.165) is 0 Å². The number of hydrogen-bond donors (Lipinski definition) is 2. The largest absolute Gasteiger partial charge is 0.343 e. The van der Waals surface area contributed by atoms with Crippen molar-refractivity contribution in [3.05, 3.63) is 0 Å². The van der Waals surface area contributed by atoms with E-state index in [1.807, 2.05) is 0 Å². The topological polar surface area (TPSA) is 73.8 Å². The Hall–Kier alpha value is -1.59. The average Bonchev–Trinajstić information content (AvgIpc) is 2.30. The maximum Gasteiger partial charge on any atom is 0.343 e. The van der Waals surface area contributed by atoms with Gasteiger partial charge in [0.25, 0.3) is 0 Å². The highest BCUT2D eigenvalue weighted by atomic mass is 16.2. The maximum absolute atomic E-state index is 10.8. The Morgan fingerprint density at radius 1 is 1.75 bits per heavy atom. The predicted octanol–water partition coefficient (Wildman–Crippen LogP) is -1.26. The van der Waals surface area contributed by atoms with Crippen molar-refractivity contribution in [1.82, 2.24) is 15.5 Å². The quantitative estimate of drug-likeness (QED) is 0.476. The molecule has 0 saturated carbocycles. The fourth-order valence-corrected chi connectivity index (χ4v) is 0.815. The molecule has 1 heterocycles. The van der Waals surface area contributed by atoms with E-state index in [2.05, 4.69) is 15.6 Å². The van der Waals surface area contributed by atoms with Gasteiger partial charge in [0.2, 0.25) is 11.9 Å². The molecule has 0 atom stereocenters. The summed E-state index contributed by atoms with van der Waals surface area (Å²) < 4.78 is 0. The fraction of sp³-hybridized carbons (Fsp3) is 0.500. The molecule has 1 fully saturated rings. The molecule has 1 aliphatic heterocycles. The van der Waals surface area contributed by atoms with Crippen LogP contribution in [0.3, 0.4) is 0 Å². The maximum atomic E-state index is 10.8. The molecular weight excluding hydrogens is 160 g/mol. The highest BCUT2D eigenvalue weighted by Crippen LogP contribution is 1.93. The molecule has 6 heteroatoms. The Bertz CT molecular complexity index is 248. The summed E-state index contributed by atoms with van der Waals surface area (Å²) in [6.45, 7) is 0.246. The SMILES string of the molecule is CNC(=O)N=C1NC(=O)CN1C. The Labute approximate surface area is 69.6 Å². The van der Waals surface area contributed by atoms with Crippen molar-refractivity contribution in [2.45, 2.75) is 0 Å². The van der Waals surface area contributed by atoms with Crippen molar-refractivity contribution < 1.29 is 9.59 Å². The summed E-state index contributed by atoms with van der Waals surface area (Å²) in [6, 6.07) is -0.473. The number of hydrogen-bond acceptors (Lipinski definition) is 2. The molecule has 2 N–H and O–H groups in total. The monoisotopic (exact) mass is 170 g/mol. The molecule has 1 rings (SSSR count). The van der Waals surface area contributed by atoms with Gasteiger partial charge in [0.05, 0.1) is 6.54 Å². The van der Waals surface area contributed by atoms with Gasteiger partial charge in [-0.25, -0.2) is 4.79 Å². The van der Waals surface area contributed by atoms with Crippen molar-refractivity contribution in [2.24, 2.45) is 4.99 Å². The first kappa shape index (κ1) is 8.51. The van der Waals surface area contributed by atoms with Gasteiger partial charge < -0.3 is 10.2 Å². The Balaban J connectivity index is 2.69. The molecule has 12 heavy (non-hydrogen) atoms. The van der Waals surface area contributed by atoms with Crippen LogP contribution in [0.5, 0.6) is 0 Å². The number of carbonyl (C=O) groups excluding carboxylic acids is 2. The first-order chi connectivity index (χ1) is 5.63. The van der Waals surface area contributed by atoms with Crippen LogP contribution in [-0.2, 0) is 4.79 Å². The Kier molecular flexibility index (Phi) is 2.27. The molecule has 0 aromatic heterocycles. The van der Waals surface area contributed by atoms with Gasteiger partial charge in [0, 0.05) is 14.1 Å². The van der Waals surface area contributed by atoms with Gasteiger partial charge in [-0.3, -0.25) is 10.1 Å². The minimum Gasteiger partial charge on any atom is -0.339 e. The first-order valence-corrected chi connectivity index (χ1v) is 3.45. The summed E-state index contributed by atoms with van der Waals surface area (Å²) in [5, 5.41) is 4.77. The van der Waals surface area contributed by atoms with Gasteiger partial charge in [-0.05, 0) is 0 Å². The van der Waals surface area contributed by atoms with Crippen LogP contribution < -0.4 is 10.6 Å². The van der Waals surface area contributed by atoms with Crippen LogP contribution >= 0.6 is 0 Å². The molecule has 0 aromatic rings. The zero-order valence-corrected chi connectivity index (χ0v) is 6.92. The molecule has 3 amide bonds. The summed E-state index contributed by atoms with van der Waals surface area (Å²) in [5.41, 5.74) is 0. The van der Waals surface area contributed by atoms with E-state index < -0.39 is 6.03 Å². The molecular formula is C6H10N4O2. The third kappa shape index (κ3) is 1.71. The molecule has 6 nitrogen and oxygen atoms in total. The lowest BCUT2D eigenvalue weighted by molar-refractivity contribution is -0.118. The second kappa shape index (κ2) is 3.21. The van der Waals surface area contributed by atoms with E-state index >= 15 is 0 Å². The summed E-state index contributed by atoms with van der Waals surface area (Å²) >= 11 is 0. The number of guanidine groups is 1. The van der Waals surface area contributed by atoms with E-state index in [1.54, 1.807) is 11.9 Å². The zero-order valence-electron chi connectivity index (χ0n) is 6.92. The van der Waals surface area contributed by atoms with E-state index in [4.69, 9.17) is 0 Å². The average molecular weight is 170 g/mol. The molecule has 0 bridgehead atoms. The summed E-state index contributed by atoms with van der Waals surface area (Å²) in [7, 11) is 3.16. The third-order valence-corrected chi connectivity index (χ3v) is 1.41. The standard InChI is InChI=1S/C6H10N4O2/c1-7-6(12)9-5-8-4(11)3-10(5)2/h3H2,1-2H3,(H2,7,8,9,11,12). The number of urea groups is 1. The molecule has 0 radical (unpaired) electrons. The zero-order chi connectivity index (χ0) is 9.14. The van der Waals surface area contributed by atoms with Crippen molar-refractivity contribution >= 4 is 17.9 Å². The summed E-state index contributed by atoms with van der Waals surface area (Å²) in [4.78, 5) is 26.7. The van der Waals surface area contributed by atoms with Crippen molar-refractivity contribution in [3.63, 3.8) is 0 Å². The number of carbonyl (C=O) groups is 2. The predicted molar refractivity (Wildman–Crippen MR) is 42.7 cm³/mol. The Morgan fingerprint density at radius 2 is 2.42 bits per heavy atom. The van der Waals surface area contributed by atoms with Gasteiger partial charge in [-0.15, -0.1) is 0 Å². The van der Waals surface area contributed by atoms with Gasteiger partial charge in [0.15, 0.2) is 0 Å². The van der Waals surface area contributed by atoms with Crippen LogP contribution in [0.15, 0.2) is 4.99 Å². The fourth-order valence-electron chi connectivity index (χ4n) is 0.815. The number of likely N-dealkylation sites (N-methyl/N-ethyl adjacent to an activating group) is 1. The van der Waals surface area contributed by atoms with Crippen molar-refractivity contribution in [1.29, 1.82) is 0 Å². The van der Waals surface area contributed by atoms with Crippen LogP contribution in [0.1, 0.15) is 0 Å². The molecule has 0 aromatic carbocycles. The highest BCUT2D eigenvalue weighted by molar-refractivity contribution is 6.07. The van der Waals surface area contributed by atoms with Gasteiger partial charge in [0.1, 0.15) is 0 Å². The van der Waals surface area contributed by atoms with Crippen LogP contribution in [-0.4, -0.2) is 43.4 Å². The van der Waals surface area contributed by atoms with E-state index in [-0.39, 0.29) is 12.5 Å². The lowest BCUT2D eigenvalue weighted by Gasteiger charge is -2.06. The summed E-state index contributed by atoms with van der Waals surface area (Å²) in [6.07, 6.45) is 0. The second-order valence-corrected chi connectivity index (χ2v) is 2.39. The number of nitrogens with zero attached hydrogens (tertiary/aromatic N) is 2. The molecule has 0 aliphatic carbocycles. The third-order valence-electron chi connectivity index (χ3n) is 1.41. The summed E-state index contributed by atoms with van der Waals surface area (Å²) in [5.74, 6) is 0.138. The smallest absolute Gasteiger partial charge is 0.339 e. The van der Waals surface area contributed by atoms with Crippen molar-refractivity contribution in [2.75, 3.05) is 20.6 Å².